The molecular formula is C14H19NO5S. The summed E-state index contributed by atoms with van der Waals surface area (Å²) < 4.78 is 28.7. The number of carbonyl (C=O) groups excluding carboxylic acids is 2. The second-order valence-corrected chi connectivity index (χ2v) is 6.57. The summed E-state index contributed by atoms with van der Waals surface area (Å²) in [5.41, 5.74) is -0.0531. The Bertz CT molecular complexity index is 610. The second-order valence-electron chi connectivity index (χ2n) is 4.33. The lowest BCUT2D eigenvalue weighted by molar-refractivity contribution is -0.124. The molecule has 0 radical (unpaired) electrons. The smallest absolute Gasteiger partial charge is 0.339 e. The summed E-state index contributed by atoms with van der Waals surface area (Å²) >= 11 is 0. The van der Waals surface area contributed by atoms with Gasteiger partial charge in [0.05, 0.1) is 16.2 Å². The van der Waals surface area contributed by atoms with Crippen LogP contribution in [0.25, 0.3) is 0 Å². The van der Waals surface area contributed by atoms with Gasteiger partial charge in [-0.1, -0.05) is 26.0 Å². The van der Waals surface area contributed by atoms with E-state index in [4.69, 9.17) is 4.74 Å². The molecule has 0 bridgehead atoms. The fourth-order valence-corrected chi connectivity index (χ4v) is 2.67. The Kier molecular flexibility index (Phi) is 6.36. The minimum absolute atomic E-state index is 0.0531. The number of amides is 1. The molecule has 7 heteroatoms. The zero-order chi connectivity index (χ0) is 15.9. The fourth-order valence-electron chi connectivity index (χ4n) is 1.59. The van der Waals surface area contributed by atoms with Crippen molar-refractivity contribution in [1.82, 2.24) is 5.32 Å². The highest BCUT2D eigenvalue weighted by Crippen LogP contribution is 2.17. The molecule has 1 aromatic rings. The van der Waals surface area contributed by atoms with Gasteiger partial charge in [-0.25, -0.2) is 13.2 Å². The summed E-state index contributed by atoms with van der Waals surface area (Å²) in [4.78, 5) is 23.2. The number of hydrogen-bond acceptors (Lipinski definition) is 5. The maximum Gasteiger partial charge on any atom is 0.339 e. The van der Waals surface area contributed by atoms with Crippen LogP contribution in [0.2, 0.25) is 0 Å². The van der Waals surface area contributed by atoms with E-state index in [1.165, 1.54) is 25.1 Å². The summed E-state index contributed by atoms with van der Waals surface area (Å²) in [6.45, 7) is 3.46. The largest absolute Gasteiger partial charge is 0.452 e. The molecule has 1 N–H and O–H groups in total. The third-order valence-corrected chi connectivity index (χ3v) is 4.51. The van der Waals surface area contributed by atoms with Gasteiger partial charge in [-0.15, -0.1) is 0 Å². The third kappa shape index (κ3) is 4.86. The molecule has 21 heavy (non-hydrogen) atoms. The average Bonchev–Trinajstić information content (AvgIpc) is 2.50. The van der Waals surface area contributed by atoms with Crippen LogP contribution in [0.3, 0.4) is 0 Å². The second kappa shape index (κ2) is 7.78. The molecule has 0 aromatic heterocycles. The van der Waals surface area contributed by atoms with Gasteiger partial charge in [0.15, 0.2) is 16.4 Å². The number of benzene rings is 1. The predicted molar refractivity (Wildman–Crippen MR) is 77.8 cm³/mol. The summed E-state index contributed by atoms with van der Waals surface area (Å²) in [5.74, 6) is -1.36. The maximum atomic E-state index is 11.9. The lowest BCUT2D eigenvalue weighted by Gasteiger charge is -2.09. The summed E-state index contributed by atoms with van der Waals surface area (Å²) in [7, 11) is -3.53. The van der Waals surface area contributed by atoms with Crippen LogP contribution in [-0.2, 0) is 19.4 Å². The molecular weight excluding hydrogens is 294 g/mol. The minimum atomic E-state index is -3.53. The molecule has 1 amide bonds. The fraction of sp³-hybridized carbons (Fsp3) is 0.429. The zero-order valence-electron chi connectivity index (χ0n) is 12.1. The van der Waals surface area contributed by atoms with E-state index in [1.54, 1.807) is 6.07 Å². The van der Waals surface area contributed by atoms with E-state index in [0.29, 0.717) is 6.54 Å². The van der Waals surface area contributed by atoms with Crippen LogP contribution in [0.1, 0.15) is 30.6 Å². The van der Waals surface area contributed by atoms with E-state index in [9.17, 15) is 18.0 Å². The molecule has 0 aliphatic carbocycles. The van der Waals surface area contributed by atoms with Gasteiger partial charge in [-0.2, -0.15) is 0 Å². The number of sulfone groups is 1. The first kappa shape index (κ1) is 17.2. The van der Waals surface area contributed by atoms with Crippen LogP contribution >= 0.6 is 0 Å². The van der Waals surface area contributed by atoms with E-state index in [0.717, 1.165) is 6.42 Å². The Hall–Kier alpha value is -1.89. The Labute approximate surface area is 124 Å². The minimum Gasteiger partial charge on any atom is -0.452 e. The molecule has 1 rings (SSSR count). The number of hydrogen-bond donors (Lipinski definition) is 1. The van der Waals surface area contributed by atoms with Gasteiger partial charge in [0.2, 0.25) is 0 Å². The van der Waals surface area contributed by atoms with Crippen molar-refractivity contribution in [2.45, 2.75) is 25.2 Å². The zero-order valence-corrected chi connectivity index (χ0v) is 12.9. The molecule has 116 valence electrons. The Morgan fingerprint density at radius 1 is 1.19 bits per heavy atom. The highest BCUT2D eigenvalue weighted by Gasteiger charge is 2.21. The lowest BCUT2D eigenvalue weighted by Crippen LogP contribution is -2.29. The van der Waals surface area contributed by atoms with Gasteiger partial charge in [0, 0.05) is 6.54 Å². The summed E-state index contributed by atoms with van der Waals surface area (Å²) in [5, 5.41) is 2.56. The summed E-state index contributed by atoms with van der Waals surface area (Å²) in [6, 6.07) is 5.80. The topological polar surface area (TPSA) is 89.5 Å². The average molecular weight is 313 g/mol. The van der Waals surface area contributed by atoms with Crippen LogP contribution in [0.5, 0.6) is 0 Å². The normalized spacial score (nSPS) is 11.0. The van der Waals surface area contributed by atoms with Crippen LogP contribution in [0.15, 0.2) is 29.2 Å². The number of nitrogens with one attached hydrogen (secondary N) is 1. The molecule has 0 fully saturated rings. The van der Waals surface area contributed by atoms with Crippen molar-refractivity contribution in [3.8, 4) is 0 Å². The monoisotopic (exact) mass is 313 g/mol. The third-order valence-electron chi connectivity index (χ3n) is 2.73. The lowest BCUT2D eigenvalue weighted by atomic mass is 10.2. The van der Waals surface area contributed by atoms with Gasteiger partial charge in [0.1, 0.15) is 0 Å². The number of carbonyl (C=O) groups is 2. The molecule has 0 aliphatic heterocycles. The molecule has 6 nitrogen and oxygen atoms in total. The Morgan fingerprint density at radius 3 is 2.48 bits per heavy atom. The Morgan fingerprint density at radius 2 is 1.86 bits per heavy atom. The highest BCUT2D eigenvalue weighted by atomic mass is 32.2. The molecule has 0 heterocycles. The SMILES string of the molecule is CCCNC(=O)COC(=O)c1ccccc1S(=O)(=O)CC. The van der Waals surface area contributed by atoms with E-state index in [2.05, 4.69) is 5.32 Å². The first-order valence-corrected chi connectivity index (χ1v) is 8.33. The first-order chi connectivity index (χ1) is 9.92. The number of ether oxygens (including phenoxy) is 1. The highest BCUT2D eigenvalue weighted by molar-refractivity contribution is 7.91. The molecule has 0 unspecified atom stereocenters. The van der Waals surface area contributed by atoms with Gasteiger partial charge in [-0.05, 0) is 18.6 Å². The van der Waals surface area contributed by atoms with Crippen LogP contribution < -0.4 is 5.32 Å². The van der Waals surface area contributed by atoms with Crippen LogP contribution in [0.4, 0.5) is 0 Å². The molecule has 0 atom stereocenters. The molecule has 0 saturated carbocycles. The van der Waals surface area contributed by atoms with Crippen molar-refractivity contribution >= 4 is 21.7 Å². The molecule has 1 aromatic carbocycles. The van der Waals surface area contributed by atoms with E-state index in [1.807, 2.05) is 6.92 Å². The quantitative estimate of drug-likeness (QED) is 0.763. The Balaban J connectivity index is 2.82. The molecule has 0 saturated heterocycles. The summed E-state index contributed by atoms with van der Waals surface area (Å²) in [6.07, 6.45) is 0.775. The van der Waals surface area contributed by atoms with Gasteiger partial charge < -0.3 is 10.1 Å². The van der Waals surface area contributed by atoms with Crippen molar-refractivity contribution in [3.05, 3.63) is 29.8 Å². The van der Waals surface area contributed by atoms with Crippen molar-refractivity contribution in [1.29, 1.82) is 0 Å². The van der Waals surface area contributed by atoms with Gasteiger partial charge >= 0.3 is 5.97 Å². The van der Waals surface area contributed by atoms with E-state index >= 15 is 0 Å². The van der Waals surface area contributed by atoms with Gasteiger partial charge in [0.25, 0.3) is 5.91 Å². The van der Waals surface area contributed by atoms with Crippen LogP contribution in [0, 0.1) is 0 Å². The van der Waals surface area contributed by atoms with Crippen LogP contribution in [-0.4, -0.2) is 39.2 Å². The molecule has 0 spiro atoms. The van der Waals surface area contributed by atoms with Crippen molar-refractivity contribution in [2.24, 2.45) is 0 Å². The van der Waals surface area contributed by atoms with E-state index in [-0.39, 0.29) is 16.2 Å². The van der Waals surface area contributed by atoms with Gasteiger partial charge in [-0.3, -0.25) is 4.79 Å². The molecule has 0 aliphatic rings. The van der Waals surface area contributed by atoms with Crippen molar-refractivity contribution in [2.75, 3.05) is 18.9 Å². The van der Waals surface area contributed by atoms with Crippen molar-refractivity contribution < 1.29 is 22.7 Å². The maximum absolute atomic E-state index is 11.9. The standard InChI is InChI=1S/C14H19NO5S/c1-3-9-15-13(16)10-20-14(17)11-7-5-6-8-12(11)21(18,19)4-2/h5-8H,3-4,9-10H2,1-2H3,(H,15,16). The van der Waals surface area contributed by atoms with E-state index < -0.39 is 28.3 Å². The first-order valence-electron chi connectivity index (χ1n) is 6.68. The number of esters is 1. The predicted octanol–water partition coefficient (Wildman–Crippen LogP) is 1.16. The van der Waals surface area contributed by atoms with Crippen molar-refractivity contribution in [3.63, 3.8) is 0 Å². The number of rotatable bonds is 7.